The van der Waals surface area contributed by atoms with Crippen LogP contribution in [0.15, 0.2) is 0 Å². The maximum Gasteiger partial charge on any atom is 0.306 e. The second-order valence-corrected chi connectivity index (χ2v) is 3.89. The maximum atomic E-state index is 11.2. The van der Waals surface area contributed by atoms with E-state index in [4.69, 9.17) is 4.74 Å². The fourth-order valence-corrected chi connectivity index (χ4v) is 1.36. The fraction of sp³-hybridized carbons (Fsp3) is 0.818. The molecule has 1 aliphatic carbocycles. The molecule has 15 heavy (non-hydrogen) atoms. The Morgan fingerprint density at radius 1 is 1.33 bits per heavy atom. The van der Waals surface area contributed by atoms with Crippen molar-refractivity contribution in [3.8, 4) is 0 Å². The van der Waals surface area contributed by atoms with E-state index in [2.05, 4.69) is 5.32 Å². The Bertz CT molecular complexity index is 224. The van der Waals surface area contributed by atoms with Gasteiger partial charge in [-0.05, 0) is 19.3 Å². The van der Waals surface area contributed by atoms with Gasteiger partial charge in [-0.25, -0.2) is 0 Å². The standard InChI is InChI=1S/C11H19NO3/c1-2-15-11(14)6-5-10(13)12-8-7-9-3-4-9/h9H,2-8H2,1H3,(H,12,13). The van der Waals surface area contributed by atoms with E-state index in [-0.39, 0.29) is 24.7 Å². The number of esters is 1. The van der Waals surface area contributed by atoms with E-state index in [0.717, 1.165) is 18.9 Å². The number of carbonyl (C=O) groups is 2. The summed E-state index contributed by atoms with van der Waals surface area (Å²) in [5.41, 5.74) is 0. The molecule has 1 aliphatic rings. The van der Waals surface area contributed by atoms with Crippen LogP contribution in [-0.2, 0) is 14.3 Å². The average molecular weight is 213 g/mol. The van der Waals surface area contributed by atoms with Crippen molar-refractivity contribution in [2.45, 2.75) is 39.0 Å². The third-order valence-corrected chi connectivity index (χ3v) is 2.43. The highest BCUT2D eigenvalue weighted by Crippen LogP contribution is 2.31. The zero-order valence-corrected chi connectivity index (χ0v) is 9.25. The molecule has 86 valence electrons. The summed E-state index contributed by atoms with van der Waals surface area (Å²) in [4.78, 5) is 22.2. The highest BCUT2D eigenvalue weighted by atomic mass is 16.5. The number of rotatable bonds is 7. The van der Waals surface area contributed by atoms with Gasteiger partial charge < -0.3 is 10.1 Å². The minimum Gasteiger partial charge on any atom is -0.466 e. The summed E-state index contributed by atoms with van der Waals surface area (Å²) < 4.78 is 4.73. The number of ether oxygens (including phenoxy) is 1. The van der Waals surface area contributed by atoms with Crippen LogP contribution in [0.1, 0.15) is 39.0 Å². The Morgan fingerprint density at radius 3 is 2.67 bits per heavy atom. The van der Waals surface area contributed by atoms with E-state index in [1.807, 2.05) is 0 Å². The minimum absolute atomic E-state index is 0.0521. The van der Waals surface area contributed by atoms with Gasteiger partial charge >= 0.3 is 5.97 Å². The Hall–Kier alpha value is -1.06. The second kappa shape index (κ2) is 6.43. The Kier molecular flexibility index (Phi) is 5.15. The van der Waals surface area contributed by atoms with Crippen LogP contribution in [0, 0.1) is 5.92 Å². The molecule has 0 unspecified atom stereocenters. The molecule has 0 bridgehead atoms. The van der Waals surface area contributed by atoms with Crippen molar-refractivity contribution in [2.24, 2.45) is 5.92 Å². The largest absolute Gasteiger partial charge is 0.466 e. The van der Waals surface area contributed by atoms with Crippen molar-refractivity contribution in [2.75, 3.05) is 13.2 Å². The first kappa shape index (κ1) is 12.0. The Morgan fingerprint density at radius 2 is 2.07 bits per heavy atom. The second-order valence-electron chi connectivity index (χ2n) is 3.89. The summed E-state index contributed by atoms with van der Waals surface area (Å²) >= 11 is 0. The van der Waals surface area contributed by atoms with Gasteiger partial charge in [0.15, 0.2) is 0 Å². The highest BCUT2D eigenvalue weighted by Gasteiger charge is 2.20. The molecule has 0 aromatic rings. The van der Waals surface area contributed by atoms with Gasteiger partial charge in [-0.1, -0.05) is 12.8 Å². The molecule has 1 fully saturated rings. The molecule has 4 nitrogen and oxygen atoms in total. The topological polar surface area (TPSA) is 55.4 Å². The molecule has 0 heterocycles. The number of hydrogen-bond acceptors (Lipinski definition) is 3. The summed E-state index contributed by atoms with van der Waals surface area (Å²) in [6.07, 6.45) is 4.11. The van der Waals surface area contributed by atoms with E-state index in [0.29, 0.717) is 6.61 Å². The molecular formula is C11H19NO3. The minimum atomic E-state index is -0.296. The van der Waals surface area contributed by atoms with Gasteiger partial charge in [0.1, 0.15) is 0 Å². The number of amides is 1. The maximum absolute atomic E-state index is 11.2. The molecule has 0 aromatic carbocycles. The van der Waals surface area contributed by atoms with Crippen molar-refractivity contribution in [1.82, 2.24) is 5.32 Å². The smallest absolute Gasteiger partial charge is 0.306 e. The molecule has 0 aromatic heterocycles. The average Bonchev–Trinajstić information content (AvgIpc) is 2.99. The quantitative estimate of drug-likeness (QED) is 0.647. The van der Waals surface area contributed by atoms with Gasteiger partial charge in [0.05, 0.1) is 13.0 Å². The SMILES string of the molecule is CCOC(=O)CCC(=O)NCCC1CC1. The van der Waals surface area contributed by atoms with Gasteiger partial charge in [-0.15, -0.1) is 0 Å². The zero-order chi connectivity index (χ0) is 11.1. The lowest BCUT2D eigenvalue weighted by molar-refractivity contribution is -0.144. The Balaban J connectivity index is 1.94. The molecular weight excluding hydrogens is 194 g/mol. The summed E-state index contributed by atoms with van der Waals surface area (Å²) in [5, 5.41) is 2.80. The number of hydrogen-bond donors (Lipinski definition) is 1. The lowest BCUT2D eigenvalue weighted by atomic mass is 10.2. The molecule has 0 atom stereocenters. The molecule has 1 rings (SSSR count). The van der Waals surface area contributed by atoms with Crippen molar-refractivity contribution in [3.63, 3.8) is 0 Å². The van der Waals surface area contributed by atoms with Crippen LogP contribution in [0.2, 0.25) is 0 Å². The number of nitrogens with one attached hydrogen (secondary N) is 1. The first-order chi connectivity index (χ1) is 7.22. The number of carbonyl (C=O) groups excluding carboxylic acids is 2. The fourth-order valence-electron chi connectivity index (χ4n) is 1.36. The van der Waals surface area contributed by atoms with Crippen LogP contribution in [0.3, 0.4) is 0 Å². The van der Waals surface area contributed by atoms with Crippen LogP contribution >= 0.6 is 0 Å². The van der Waals surface area contributed by atoms with Gasteiger partial charge in [0.2, 0.25) is 5.91 Å². The lowest BCUT2D eigenvalue weighted by Gasteiger charge is -2.04. The van der Waals surface area contributed by atoms with Gasteiger partial charge in [0, 0.05) is 13.0 Å². The van der Waals surface area contributed by atoms with E-state index in [1.54, 1.807) is 6.92 Å². The molecule has 0 spiro atoms. The van der Waals surface area contributed by atoms with Crippen molar-refractivity contribution in [1.29, 1.82) is 0 Å². The van der Waals surface area contributed by atoms with Crippen molar-refractivity contribution < 1.29 is 14.3 Å². The van der Waals surface area contributed by atoms with Crippen LogP contribution in [-0.4, -0.2) is 25.0 Å². The highest BCUT2D eigenvalue weighted by molar-refractivity contribution is 5.81. The predicted molar refractivity (Wildman–Crippen MR) is 56.2 cm³/mol. The summed E-state index contributed by atoms with van der Waals surface area (Å²) in [6, 6.07) is 0. The third kappa shape index (κ3) is 6.10. The predicted octanol–water partition coefficient (Wildman–Crippen LogP) is 1.25. The van der Waals surface area contributed by atoms with Gasteiger partial charge in [-0.3, -0.25) is 9.59 Å². The van der Waals surface area contributed by atoms with E-state index < -0.39 is 0 Å². The first-order valence-electron chi connectivity index (χ1n) is 5.64. The van der Waals surface area contributed by atoms with Crippen LogP contribution in [0.25, 0.3) is 0 Å². The first-order valence-corrected chi connectivity index (χ1v) is 5.64. The molecule has 0 aliphatic heterocycles. The van der Waals surface area contributed by atoms with Crippen molar-refractivity contribution in [3.05, 3.63) is 0 Å². The van der Waals surface area contributed by atoms with Crippen LogP contribution in [0.4, 0.5) is 0 Å². The van der Waals surface area contributed by atoms with E-state index >= 15 is 0 Å². The Labute approximate surface area is 90.4 Å². The summed E-state index contributed by atoms with van der Waals surface area (Å²) in [6.45, 7) is 2.88. The van der Waals surface area contributed by atoms with E-state index in [9.17, 15) is 9.59 Å². The summed E-state index contributed by atoms with van der Waals surface area (Å²) in [7, 11) is 0. The lowest BCUT2D eigenvalue weighted by Crippen LogP contribution is -2.25. The molecule has 0 radical (unpaired) electrons. The summed E-state index contributed by atoms with van der Waals surface area (Å²) in [5.74, 6) is 0.480. The van der Waals surface area contributed by atoms with Crippen molar-refractivity contribution >= 4 is 11.9 Å². The van der Waals surface area contributed by atoms with Crippen LogP contribution < -0.4 is 5.32 Å². The zero-order valence-electron chi connectivity index (χ0n) is 9.25. The van der Waals surface area contributed by atoms with Crippen LogP contribution in [0.5, 0.6) is 0 Å². The molecule has 0 saturated heterocycles. The van der Waals surface area contributed by atoms with E-state index in [1.165, 1.54) is 12.8 Å². The normalized spacial score (nSPS) is 14.7. The van der Waals surface area contributed by atoms with Gasteiger partial charge in [-0.2, -0.15) is 0 Å². The molecule has 1 saturated carbocycles. The van der Waals surface area contributed by atoms with Gasteiger partial charge in [0.25, 0.3) is 0 Å². The molecule has 1 amide bonds. The molecule has 4 heteroatoms. The molecule has 1 N–H and O–H groups in total. The monoisotopic (exact) mass is 213 g/mol. The third-order valence-electron chi connectivity index (χ3n) is 2.43.